The van der Waals surface area contributed by atoms with Gasteiger partial charge in [0.05, 0.1) is 17.9 Å². The molecular weight excluding hydrogens is 216 g/mol. The van der Waals surface area contributed by atoms with Gasteiger partial charge in [0.2, 0.25) is 0 Å². The molecule has 0 saturated heterocycles. The number of nitrogen functional groups attached to an aromatic ring is 1. The first-order valence-corrected chi connectivity index (χ1v) is 5.27. The summed E-state index contributed by atoms with van der Waals surface area (Å²) in [5.74, 6) is -0.158. The quantitative estimate of drug-likeness (QED) is 0.824. The smallest absolute Gasteiger partial charge is 0.268 e. The lowest BCUT2D eigenvalue weighted by atomic mass is 10.3. The number of nitrogens with two attached hydrogens (primary N) is 1. The van der Waals surface area contributed by atoms with Gasteiger partial charge in [-0.05, 0) is 18.2 Å². The molecule has 0 bridgehead atoms. The molecule has 0 aliphatic rings. The third-order valence-corrected chi connectivity index (χ3v) is 2.41. The van der Waals surface area contributed by atoms with Crippen LogP contribution in [0, 0.1) is 0 Å². The highest BCUT2D eigenvalue weighted by atomic mass is 16.1. The number of rotatable bonds is 3. The fourth-order valence-corrected chi connectivity index (χ4v) is 1.58. The van der Waals surface area contributed by atoms with Gasteiger partial charge in [0, 0.05) is 19.4 Å². The Hall–Kier alpha value is -2.30. The molecule has 5 nitrogen and oxygen atoms in total. The molecule has 3 N–H and O–H groups in total. The van der Waals surface area contributed by atoms with Crippen molar-refractivity contribution in [3.63, 3.8) is 0 Å². The molecule has 2 rings (SSSR count). The number of hydrogen-bond acceptors (Lipinski definition) is 3. The van der Waals surface area contributed by atoms with Crippen LogP contribution in [0.3, 0.4) is 0 Å². The first kappa shape index (κ1) is 11.2. The number of nitrogens with one attached hydrogen (secondary N) is 1. The van der Waals surface area contributed by atoms with Gasteiger partial charge in [0.25, 0.3) is 5.91 Å². The predicted molar refractivity (Wildman–Crippen MR) is 65.2 cm³/mol. The molecule has 5 heteroatoms. The van der Waals surface area contributed by atoms with Crippen molar-refractivity contribution >= 4 is 11.6 Å². The van der Waals surface area contributed by atoms with E-state index >= 15 is 0 Å². The highest BCUT2D eigenvalue weighted by molar-refractivity contribution is 5.93. The first-order chi connectivity index (χ1) is 8.16. The first-order valence-electron chi connectivity index (χ1n) is 5.27. The van der Waals surface area contributed by atoms with E-state index in [0.29, 0.717) is 17.9 Å². The second-order valence-corrected chi connectivity index (χ2v) is 3.77. The zero-order valence-electron chi connectivity index (χ0n) is 9.55. The van der Waals surface area contributed by atoms with E-state index in [4.69, 9.17) is 5.73 Å². The maximum atomic E-state index is 11.8. The van der Waals surface area contributed by atoms with Gasteiger partial charge in [-0.25, -0.2) is 0 Å². The van der Waals surface area contributed by atoms with Gasteiger partial charge in [0.1, 0.15) is 5.69 Å². The van der Waals surface area contributed by atoms with E-state index < -0.39 is 0 Å². The Morgan fingerprint density at radius 3 is 2.94 bits per heavy atom. The summed E-state index contributed by atoms with van der Waals surface area (Å²) in [7, 11) is 1.78. The summed E-state index contributed by atoms with van der Waals surface area (Å²) in [6.45, 7) is 0.407. The number of carbonyl (C=O) groups excluding carboxylic acids is 1. The van der Waals surface area contributed by atoms with Gasteiger partial charge in [-0.2, -0.15) is 0 Å². The third-order valence-electron chi connectivity index (χ3n) is 2.41. The van der Waals surface area contributed by atoms with E-state index in [1.54, 1.807) is 30.1 Å². The molecule has 0 saturated carbocycles. The Bertz CT molecular complexity index is 519. The molecular formula is C12H14N4O. The Kier molecular flexibility index (Phi) is 3.09. The summed E-state index contributed by atoms with van der Waals surface area (Å²) in [4.78, 5) is 16.0. The van der Waals surface area contributed by atoms with Crippen LogP contribution in [-0.4, -0.2) is 15.5 Å². The van der Waals surface area contributed by atoms with Crippen LogP contribution in [0.2, 0.25) is 0 Å². The largest absolute Gasteiger partial charge is 0.397 e. The normalized spacial score (nSPS) is 10.2. The van der Waals surface area contributed by atoms with E-state index in [2.05, 4.69) is 10.3 Å². The number of nitrogens with zero attached hydrogens (tertiary/aromatic N) is 2. The second kappa shape index (κ2) is 4.69. The van der Waals surface area contributed by atoms with Crippen molar-refractivity contribution in [1.29, 1.82) is 0 Å². The second-order valence-electron chi connectivity index (χ2n) is 3.77. The van der Waals surface area contributed by atoms with Crippen LogP contribution in [0.4, 0.5) is 5.69 Å². The standard InChI is InChI=1S/C12H14N4O/c1-16-8-9(13)6-11(16)12(17)15-7-10-4-2-3-5-14-10/h2-6,8H,7,13H2,1H3,(H,15,17). The molecule has 88 valence electrons. The van der Waals surface area contributed by atoms with Gasteiger partial charge >= 0.3 is 0 Å². The minimum Gasteiger partial charge on any atom is -0.397 e. The number of carbonyl (C=O) groups is 1. The fourth-order valence-electron chi connectivity index (χ4n) is 1.58. The molecule has 0 unspecified atom stereocenters. The average Bonchev–Trinajstić information content (AvgIpc) is 2.67. The van der Waals surface area contributed by atoms with Crippen molar-refractivity contribution in [3.8, 4) is 0 Å². The molecule has 0 atom stereocenters. The molecule has 0 aliphatic heterocycles. The number of amides is 1. The lowest BCUT2D eigenvalue weighted by molar-refractivity contribution is 0.0942. The van der Waals surface area contributed by atoms with E-state index in [1.165, 1.54) is 0 Å². The molecule has 0 aromatic carbocycles. The lowest BCUT2D eigenvalue weighted by Gasteiger charge is -2.05. The summed E-state index contributed by atoms with van der Waals surface area (Å²) in [6, 6.07) is 7.23. The molecule has 2 aromatic heterocycles. The average molecular weight is 230 g/mol. The van der Waals surface area contributed by atoms with Crippen molar-refractivity contribution in [3.05, 3.63) is 48.0 Å². The molecule has 0 fully saturated rings. The summed E-state index contributed by atoms with van der Waals surface area (Å²) >= 11 is 0. The maximum Gasteiger partial charge on any atom is 0.268 e. The van der Waals surface area contributed by atoms with Crippen LogP contribution >= 0.6 is 0 Å². The number of hydrogen-bond donors (Lipinski definition) is 2. The van der Waals surface area contributed by atoms with E-state index in [9.17, 15) is 4.79 Å². The Morgan fingerprint density at radius 2 is 2.35 bits per heavy atom. The molecule has 1 amide bonds. The Balaban J connectivity index is 2.01. The van der Waals surface area contributed by atoms with Crippen LogP contribution in [0.1, 0.15) is 16.2 Å². The minimum atomic E-state index is -0.158. The number of aryl methyl sites for hydroxylation is 1. The van der Waals surface area contributed by atoms with Gasteiger partial charge in [0.15, 0.2) is 0 Å². The zero-order valence-corrected chi connectivity index (χ0v) is 9.55. The van der Waals surface area contributed by atoms with Gasteiger partial charge in [-0.1, -0.05) is 6.07 Å². The highest BCUT2D eigenvalue weighted by Gasteiger charge is 2.10. The van der Waals surface area contributed by atoms with Crippen LogP contribution in [-0.2, 0) is 13.6 Å². The van der Waals surface area contributed by atoms with Gasteiger partial charge in [-0.3, -0.25) is 9.78 Å². The minimum absolute atomic E-state index is 0.158. The van der Waals surface area contributed by atoms with Crippen LogP contribution < -0.4 is 11.1 Å². The summed E-state index contributed by atoms with van der Waals surface area (Å²) in [6.07, 6.45) is 3.40. The Morgan fingerprint density at radius 1 is 1.53 bits per heavy atom. The third kappa shape index (κ3) is 2.63. The van der Waals surface area contributed by atoms with Crippen molar-refractivity contribution in [2.24, 2.45) is 7.05 Å². The van der Waals surface area contributed by atoms with Crippen LogP contribution in [0.25, 0.3) is 0 Å². The SMILES string of the molecule is Cn1cc(N)cc1C(=O)NCc1ccccn1. The lowest BCUT2D eigenvalue weighted by Crippen LogP contribution is -2.25. The zero-order chi connectivity index (χ0) is 12.3. The summed E-state index contributed by atoms with van der Waals surface area (Å²) < 4.78 is 1.70. The monoisotopic (exact) mass is 230 g/mol. The molecule has 2 aromatic rings. The van der Waals surface area contributed by atoms with Crippen LogP contribution in [0.15, 0.2) is 36.7 Å². The molecule has 17 heavy (non-hydrogen) atoms. The molecule has 0 aliphatic carbocycles. The van der Waals surface area contributed by atoms with E-state index in [0.717, 1.165) is 5.69 Å². The highest BCUT2D eigenvalue weighted by Crippen LogP contribution is 2.08. The summed E-state index contributed by atoms with van der Waals surface area (Å²) in [5, 5.41) is 2.79. The van der Waals surface area contributed by atoms with Crippen molar-refractivity contribution in [2.45, 2.75) is 6.54 Å². The fraction of sp³-hybridized carbons (Fsp3) is 0.167. The Labute approximate surface area is 99.3 Å². The number of anilines is 1. The topological polar surface area (TPSA) is 72.9 Å². The van der Waals surface area contributed by atoms with Gasteiger partial charge < -0.3 is 15.6 Å². The van der Waals surface area contributed by atoms with Crippen LogP contribution in [0.5, 0.6) is 0 Å². The molecule has 0 spiro atoms. The van der Waals surface area contributed by atoms with Crippen molar-refractivity contribution in [1.82, 2.24) is 14.9 Å². The number of pyridine rings is 1. The number of aromatic nitrogens is 2. The van der Waals surface area contributed by atoms with Crippen molar-refractivity contribution < 1.29 is 4.79 Å². The molecule has 2 heterocycles. The van der Waals surface area contributed by atoms with E-state index in [1.807, 2.05) is 18.2 Å². The maximum absolute atomic E-state index is 11.8. The molecule has 0 radical (unpaired) electrons. The summed E-state index contributed by atoms with van der Waals surface area (Å²) in [5.41, 5.74) is 7.55. The predicted octanol–water partition coefficient (Wildman–Crippen LogP) is 0.932. The van der Waals surface area contributed by atoms with Gasteiger partial charge in [-0.15, -0.1) is 0 Å². The van der Waals surface area contributed by atoms with Crippen molar-refractivity contribution in [2.75, 3.05) is 5.73 Å². The van der Waals surface area contributed by atoms with E-state index in [-0.39, 0.29) is 5.91 Å².